The van der Waals surface area contributed by atoms with Crippen LogP contribution in [0.15, 0.2) is 18.2 Å². The smallest absolute Gasteiger partial charge is 0.0363 e. The number of nitrogens with one attached hydrogen (secondary N) is 1. The summed E-state index contributed by atoms with van der Waals surface area (Å²) in [6, 6.07) is 6.25. The Bertz CT molecular complexity index is 373. The molecular formula is C15H22N2. The van der Waals surface area contributed by atoms with Crippen LogP contribution < -0.4 is 11.1 Å². The van der Waals surface area contributed by atoms with Crippen molar-refractivity contribution in [3.63, 3.8) is 0 Å². The molecule has 3 rings (SSSR count). The molecule has 0 bridgehead atoms. The Morgan fingerprint density at radius 2 is 1.82 bits per heavy atom. The van der Waals surface area contributed by atoms with Crippen LogP contribution in [0.2, 0.25) is 0 Å². The van der Waals surface area contributed by atoms with Gasteiger partial charge in [0.1, 0.15) is 0 Å². The minimum Gasteiger partial charge on any atom is -0.399 e. The Morgan fingerprint density at radius 1 is 1.18 bits per heavy atom. The maximum atomic E-state index is 5.87. The molecular weight excluding hydrogens is 208 g/mol. The standard InChI is InChI=1S/C15H22N2/c1-10-6-13(16)8-14(7-10)17-9-15(11-2-3-11)12-4-5-12/h6-8,11-12,15,17H,2-5,9,16H2,1H3. The van der Waals surface area contributed by atoms with E-state index in [1.807, 2.05) is 12.1 Å². The number of aryl methyl sites for hydroxylation is 1. The number of rotatable bonds is 5. The zero-order chi connectivity index (χ0) is 11.8. The second-order valence-electron chi connectivity index (χ2n) is 5.85. The number of nitrogens with two attached hydrogens (primary N) is 1. The Balaban J connectivity index is 1.61. The molecule has 2 fully saturated rings. The van der Waals surface area contributed by atoms with E-state index in [0.717, 1.165) is 30.0 Å². The summed E-state index contributed by atoms with van der Waals surface area (Å²) in [5.41, 5.74) is 9.16. The molecule has 2 aliphatic rings. The molecule has 0 amide bonds. The van der Waals surface area contributed by atoms with Gasteiger partial charge < -0.3 is 11.1 Å². The van der Waals surface area contributed by atoms with Gasteiger partial charge in [0.2, 0.25) is 0 Å². The molecule has 2 heteroatoms. The van der Waals surface area contributed by atoms with E-state index < -0.39 is 0 Å². The van der Waals surface area contributed by atoms with Gasteiger partial charge in [0.15, 0.2) is 0 Å². The van der Waals surface area contributed by atoms with Gasteiger partial charge in [0, 0.05) is 17.9 Å². The molecule has 92 valence electrons. The highest BCUT2D eigenvalue weighted by Gasteiger charge is 2.40. The number of anilines is 2. The van der Waals surface area contributed by atoms with Crippen LogP contribution in [-0.4, -0.2) is 6.54 Å². The van der Waals surface area contributed by atoms with E-state index in [4.69, 9.17) is 5.73 Å². The van der Waals surface area contributed by atoms with E-state index in [1.54, 1.807) is 0 Å². The highest BCUT2D eigenvalue weighted by molar-refractivity contribution is 5.56. The molecule has 0 unspecified atom stereocenters. The Kier molecular flexibility index (Phi) is 2.73. The maximum absolute atomic E-state index is 5.87. The van der Waals surface area contributed by atoms with Gasteiger partial charge in [-0.3, -0.25) is 0 Å². The molecule has 0 aliphatic heterocycles. The molecule has 2 aliphatic carbocycles. The lowest BCUT2D eigenvalue weighted by Crippen LogP contribution is -2.18. The highest BCUT2D eigenvalue weighted by Crippen LogP contribution is 2.49. The minimum absolute atomic E-state index is 0.863. The fraction of sp³-hybridized carbons (Fsp3) is 0.600. The first kappa shape index (κ1) is 10.9. The van der Waals surface area contributed by atoms with Crippen molar-refractivity contribution >= 4 is 11.4 Å². The quantitative estimate of drug-likeness (QED) is 0.761. The molecule has 2 saturated carbocycles. The second kappa shape index (κ2) is 4.25. The predicted molar refractivity (Wildman–Crippen MR) is 73.0 cm³/mol. The number of hydrogen-bond donors (Lipinski definition) is 2. The van der Waals surface area contributed by atoms with E-state index in [-0.39, 0.29) is 0 Å². The normalized spacial score (nSPS) is 19.6. The molecule has 3 N–H and O–H groups in total. The summed E-state index contributed by atoms with van der Waals surface area (Å²) in [5, 5.41) is 3.59. The average Bonchev–Trinajstić information content (AvgIpc) is 3.12. The molecule has 0 atom stereocenters. The minimum atomic E-state index is 0.863. The first-order valence-corrected chi connectivity index (χ1v) is 6.83. The third-order valence-corrected chi connectivity index (χ3v) is 4.10. The van der Waals surface area contributed by atoms with Crippen LogP contribution in [0.25, 0.3) is 0 Å². The fourth-order valence-electron chi connectivity index (χ4n) is 2.92. The first-order chi connectivity index (χ1) is 8.22. The topological polar surface area (TPSA) is 38.0 Å². The van der Waals surface area contributed by atoms with Gasteiger partial charge in [-0.05, 0) is 74.1 Å². The Labute approximate surface area is 104 Å². The van der Waals surface area contributed by atoms with Gasteiger partial charge in [0.05, 0.1) is 0 Å². The Hall–Kier alpha value is -1.18. The third kappa shape index (κ3) is 2.74. The van der Waals surface area contributed by atoms with Crippen molar-refractivity contribution in [1.29, 1.82) is 0 Å². The van der Waals surface area contributed by atoms with E-state index in [1.165, 1.54) is 36.9 Å². The van der Waals surface area contributed by atoms with Gasteiger partial charge in [-0.15, -0.1) is 0 Å². The summed E-state index contributed by atoms with van der Waals surface area (Å²) in [5.74, 6) is 2.94. The molecule has 2 nitrogen and oxygen atoms in total. The number of hydrogen-bond acceptors (Lipinski definition) is 2. The van der Waals surface area contributed by atoms with E-state index in [9.17, 15) is 0 Å². The monoisotopic (exact) mass is 230 g/mol. The summed E-state index contributed by atoms with van der Waals surface area (Å²) < 4.78 is 0. The van der Waals surface area contributed by atoms with E-state index in [2.05, 4.69) is 18.3 Å². The third-order valence-electron chi connectivity index (χ3n) is 4.10. The number of nitrogen functional groups attached to an aromatic ring is 1. The first-order valence-electron chi connectivity index (χ1n) is 6.83. The lowest BCUT2D eigenvalue weighted by molar-refractivity contribution is 0.428. The van der Waals surface area contributed by atoms with Gasteiger partial charge in [-0.1, -0.05) is 0 Å². The summed E-state index contributed by atoms with van der Waals surface area (Å²) in [4.78, 5) is 0. The Morgan fingerprint density at radius 3 is 2.35 bits per heavy atom. The summed E-state index contributed by atoms with van der Waals surface area (Å²) >= 11 is 0. The van der Waals surface area contributed by atoms with Crippen molar-refractivity contribution in [3.05, 3.63) is 23.8 Å². The molecule has 17 heavy (non-hydrogen) atoms. The van der Waals surface area contributed by atoms with Crippen molar-refractivity contribution < 1.29 is 0 Å². The molecule has 1 aromatic carbocycles. The van der Waals surface area contributed by atoms with Crippen LogP contribution in [0, 0.1) is 24.7 Å². The zero-order valence-electron chi connectivity index (χ0n) is 10.6. The van der Waals surface area contributed by atoms with Crippen molar-refractivity contribution in [2.45, 2.75) is 32.6 Å². The average molecular weight is 230 g/mol. The fourth-order valence-corrected chi connectivity index (χ4v) is 2.92. The molecule has 0 heterocycles. The van der Waals surface area contributed by atoms with Crippen LogP contribution in [0.5, 0.6) is 0 Å². The van der Waals surface area contributed by atoms with Crippen LogP contribution in [0.1, 0.15) is 31.2 Å². The largest absolute Gasteiger partial charge is 0.399 e. The second-order valence-corrected chi connectivity index (χ2v) is 5.85. The van der Waals surface area contributed by atoms with Crippen LogP contribution >= 0.6 is 0 Å². The van der Waals surface area contributed by atoms with E-state index in [0.29, 0.717) is 0 Å². The predicted octanol–water partition coefficient (Wildman–Crippen LogP) is 3.43. The lowest BCUT2D eigenvalue weighted by Gasteiger charge is -2.17. The molecule has 0 aromatic heterocycles. The van der Waals surface area contributed by atoms with E-state index >= 15 is 0 Å². The lowest BCUT2D eigenvalue weighted by atomic mass is 9.98. The van der Waals surface area contributed by atoms with Crippen molar-refractivity contribution in [2.75, 3.05) is 17.6 Å². The summed E-state index contributed by atoms with van der Waals surface area (Å²) in [6.45, 7) is 3.24. The molecule has 0 saturated heterocycles. The number of benzene rings is 1. The SMILES string of the molecule is Cc1cc(N)cc(NCC(C2CC2)C2CC2)c1. The van der Waals surface area contributed by atoms with Crippen molar-refractivity contribution in [2.24, 2.45) is 17.8 Å². The van der Waals surface area contributed by atoms with Gasteiger partial charge in [-0.25, -0.2) is 0 Å². The van der Waals surface area contributed by atoms with Crippen LogP contribution in [-0.2, 0) is 0 Å². The maximum Gasteiger partial charge on any atom is 0.0363 e. The molecule has 1 aromatic rings. The van der Waals surface area contributed by atoms with Crippen molar-refractivity contribution in [3.8, 4) is 0 Å². The zero-order valence-corrected chi connectivity index (χ0v) is 10.6. The highest BCUT2D eigenvalue weighted by atomic mass is 14.9. The molecule has 0 radical (unpaired) electrons. The van der Waals surface area contributed by atoms with Crippen LogP contribution in [0.4, 0.5) is 11.4 Å². The van der Waals surface area contributed by atoms with Gasteiger partial charge in [-0.2, -0.15) is 0 Å². The molecule has 0 spiro atoms. The summed E-state index contributed by atoms with van der Waals surface area (Å²) in [6.07, 6.45) is 5.83. The summed E-state index contributed by atoms with van der Waals surface area (Å²) in [7, 11) is 0. The van der Waals surface area contributed by atoms with Crippen LogP contribution in [0.3, 0.4) is 0 Å². The van der Waals surface area contributed by atoms with Gasteiger partial charge in [0.25, 0.3) is 0 Å². The van der Waals surface area contributed by atoms with Crippen molar-refractivity contribution in [1.82, 2.24) is 0 Å². The van der Waals surface area contributed by atoms with Gasteiger partial charge >= 0.3 is 0 Å².